The van der Waals surface area contributed by atoms with Crippen molar-refractivity contribution in [1.29, 1.82) is 0 Å². The fourth-order valence-electron chi connectivity index (χ4n) is 3.83. The van der Waals surface area contributed by atoms with Crippen LogP contribution in [0.2, 0.25) is 0 Å². The van der Waals surface area contributed by atoms with Gasteiger partial charge in [-0.15, -0.1) is 0 Å². The molecule has 3 heterocycles. The van der Waals surface area contributed by atoms with Crippen LogP contribution in [0, 0.1) is 12.8 Å². The number of aliphatic hydroxyl groups excluding tert-OH is 1. The van der Waals surface area contributed by atoms with Gasteiger partial charge in [-0.2, -0.15) is 4.98 Å². The van der Waals surface area contributed by atoms with E-state index in [1.54, 1.807) is 0 Å². The number of rotatable bonds is 5. The van der Waals surface area contributed by atoms with E-state index in [4.69, 9.17) is 4.52 Å². The van der Waals surface area contributed by atoms with Crippen molar-refractivity contribution in [2.45, 2.75) is 38.7 Å². The molecular formula is C20H24N4O2. The summed E-state index contributed by atoms with van der Waals surface area (Å²) < 4.78 is 5.25. The molecule has 0 radical (unpaired) electrons. The fourth-order valence-corrected chi connectivity index (χ4v) is 3.83. The minimum absolute atomic E-state index is 0.250. The van der Waals surface area contributed by atoms with Crippen LogP contribution in [0.5, 0.6) is 0 Å². The second kappa shape index (κ2) is 7.41. The standard InChI is InChI=1S/C20H24N4O2/c1-14-18-19(21-13-22-20(18)26-23-14)24-11-9-16(10-12-24)17(25)8-7-15-5-3-2-4-6-15/h2-6,13,16-17,25H,7-12H2,1H3/t17-/m1/s1. The summed E-state index contributed by atoms with van der Waals surface area (Å²) >= 11 is 0. The molecule has 0 aliphatic carbocycles. The van der Waals surface area contributed by atoms with E-state index in [0.29, 0.717) is 11.6 Å². The van der Waals surface area contributed by atoms with Gasteiger partial charge in [0.2, 0.25) is 0 Å². The van der Waals surface area contributed by atoms with Crippen LogP contribution < -0.4 is 4.90 Å². The molecule has 2 aromatic heterocycles. The van der Waals surface area contributed by atoms with E-state index >= 15 is 0 Å². The monoisotopic (exact) mass is 352 g/mol. The van der Waals surface area contributed by atoms with E-state index in [0.717, 1.165) is 55.7 Å². The second-order valence-electron chi connectivity index (χ2n) is 7.06. The number of benzene rings is 1. The summed E-state index contributed by atoms with van der Waals surface area (Å²) in [6, 6.07) is 10.4. The Morgan fingerprint density at radius 1 is 1.19 bits per heavy atom. The third kappa shape index (κ3) is 3.42. The normalized spacial score (nSPS) is 16.9. The Hall–Kier alpha value is -2.47. The summed E-state index contributed by atoms with van der Waals surface area (Å²) in [6.45, 7) is 3.67. The van der Waals surface area contributed by atoms with Crippen LogP contribution in [-0.2, 0) is 6.42 Å². The van der Waals surface area contributed by atoms with Crippen molar-refractivity contribution < 1.29 is 9.63 Å². The van der Waals surface area contributed by atoms with Gasteiger partial charge in [0.1, 0.15) is 17.5 Å². The molecule has 0 saturated carbocycles. The zero-order chi connectivity index (χ0) is 17.9. The summed E-state index contributed by atoms with van der Waals surface area (Å²) in [4.78, 5) is 10.9. The molecule has 1 aliphatic rings. The van der Waals surface area contributed by atoms with Gasteiger partial charge in [0.15, 0.2) is 0 Å². The summed E-state index contributed by atoms with van der Waals surface area (Å²) in [6.07, 6.45) is 4.95. The lowest BCUT2D eigenvalue weighted by Gasteiger charge is -2.35. The minimum atomic E-state index is -0.250. The molecule has 6 nitrogen and oxygen atoms in total. The fraction of sp³-hybridized carbons (Fsp3) is 0.450. The van der Waals surface area contributed by atoms with Gasteiger partial charge in [0, 0.05) is 13.1 Å². The lowest BCUT2D eigenvalue weighted by Crippen LogP contribution is -2.38. The first-order valence-electron chi connectivity index (χ1n) is 9.26. The molecule has 4 rings (SSSR count). The molecule has 0 bridgehead atoms. The molecule has 1 aromatic carbocycles. The smallest absolute Gasteiger partial charge is 0.263 e. The predicted octanol–water partition coefficient (Wildman–Crippen LogP) is 3.14. The maximum Gasteiger partial charge on any atom is 0.263 e. The number of hydrogen-bond donors (Lipinski definition) is 1. The van der Waals surface area contributed by atoms with Gasteiger partial charge in [-0.1, -0.05) is 35.5 Å². The zero-order valence-electron chi connectivity index (χ0n) is 15.0. The highest BCUT2D eigenvalue weighted by molar-refractivity contribution is 5.87. The van der Waals surface area contributed by atoms with Crippen LogP contribution >= 0.6 is 0 Å². The van der Waals surface area contributed by atoms with Gasteiger partial charge < -0.3 is 14.5 Å². The number of piperidine rings is 1. The minimum Gasteiger partial charge on any atom is -0.393 e. The number of hydrogen-bond acceptors (Lipinski definition) is 6. The van der Waals surface area contributed by atoms with Gasteiger partial charge in [0.25, 0.3) is 5.71 Å². The Morgan fingerprint density at radius 3 is 2.73 bits per heavy atom. The highest BCUT2D eigenvalue weighted by atomic mass is 16.5. The summed E-state index contributed by atoms with van der Waals surface area (Å²) in [5.74, 6) is 1.24. The van der Waals surface area contributed by atoms with Crippen LogP contribution in [0.25, 0.3) is 11.1 Å². The number of nitrogens with zero attached hydrogens (tertiary/aromatic N) is 4. The van der Waals surface area contributed by atoms with E-state index in [1.165, 1.54) is 11.9 Å². The highest BCUT2D eigenvalue weighted by Crippen LogP contribution is 2.31. The first kappa shape index (κ1) is 17.0. The first-order chi connectivity index (χ1) is 12.7. The SMILES string of the molecule is Cc1noc2ncnc(N3CCC([C@H](O)CCc4ccccc4)CC3)c12. The first-order valence-corrected chi connectivity index (χ1v) is 9.26. The van der Waals surface area contributed by atoms with E-state index in [-0.39, 0.29) is 6.10 Å². The molecule has 1 N–H and O–H groups in total. The number of aromatic nitrogens is 3. The average molecular weight is 352 g/mol. The highest BCUT2D eigenvalue weighted by Gasteiger charge is 2.27. The maximum atomic E-state index is 10.6. The summed E-state index contributed by atoms with van der Waals surface area (Å²) in [7, 11) is 0. The van der Waals surface area contributed by atoms with Gasteiger partial charge in [-0.25, -0.2) is 4.98 Å². The van der Waals surface area contributed by atoms with Crippen LogP contribution in [0.4, 0.5) is 5.82 Å². The Kier molecular flexibility index (Phi) is 4.84. The molecule has 1 atom stereocenters. The molecule has 1 aliphatic heterocycles. The van der Waals surface area contributed by atoms with Crippen molar-refractivity contribution in [3.8, 4) is 0 Å². The van der Waals surface area contributed by atoms with Crippen molar-refractivity contribution in [3.63, 3.8) is 0 Å². The average Bonchev–Trinajstić information content (AvgIpc) is 3.08. The van der Waals surface area contributed by atoms with Gasteiger partial charge in [-0.05, 0) is 44.1 Å². The van der Waals surface area contributed by atoms with Crippen molar-refractivity contribution in [1.82, 2.24) is 15.1 Å². The predicted molar refractivity (Wildman–Crippen MR) is 100 cm³/mol. The van der Waals surface area contributed by atoms with Crippen molar-refractivity contribution in [2.75, 3.05) is 18.0 Å². The molecule has 1 fully saturated rings. The molecule has 0 spiro atoms. The molecule has 26 heavy (non-hydrogen) atoms. The third-order valence-corrected chi connectivity index (χ3v) is 5.38. The van der Waals surface area contributed by atoms with Crippen LogP contribution in [-0.4, -0.2) is 39.4 Å². The quantitative estimate of drug-likeness (QED) is 0.760. The second-order valence-corrected chi connectivity index (χ2v) is 7.06. The number of aliphatic hydroxyl groups is 1. The molecule has 1 saturated heterocycles. The Labute approximate surface area is 152 Å². The molecule has 3 aromatic rings. The van der Waals surface area contributed by atoms with E-state index in [1.807, 2.05) is 13.0 Å². The molecule has 6 heteroatoms. The van der Waals surface area contributed by atoms with Crippen molar-refractivity contribution >= 4 is 16.9 Å². The molecule has 136 valence electrons. The van der Waals surface area contributed by atoms with Crippen LogP contribution in [0.1, 0.15) is 30.5 Å². The Bertz CT molecular complexity index is 857. The molecular weight excluding hydrogens is 328 g/mol. The topological polar surface area (TPSA) is 75.3 Å². The largest absolute Gasteiger partial charge is 0.393 e. The third-order valence-electron chi connectivity index (χ3n) is 5.38. The Balaban J connectivity index is 1.37. The number of fused-ring (bicyclic) bond motifs is 1. The van der Waals surface area contributed by atoms with Gasteiger partial charge in [0.05, 0.1) is 11.8 Å². The van der Waals surface area contributed by atoms with Crippen molar-refractivity contribution in [2.24, 2.45) is 5.92 Å². The zero-order valence-corrected chi connectivity index (χ0v) is 15.0. The van der Waals surface area contributed by atoms with E-state index < -0.39 is 0 Å². The van der Waals surface area contributed by atoms with Crippen LogP contribution in [0.15, 0.2) is 41.2 Å². The van der Waals surface area contributed by atoms with Crippen molar-refractivity contribution in [3.05, 3.63) is 47.9 Å². The lowest BCUT2D eigenvalue weighted by molar-refractivity contribution is 0.0850. The van der Waals surface area contributed by atoms with E-state index in [9.17, 15) is 5.11 Å². The van der Waals surface area contributed by atoms with Gasteiger partial charge >= 0.3 is 0 Å². The number of anilines is 1. The van der Waals surface area contributed by atoms with Crippen LogP contribution in [0.3, 0.4) is 0 Å². The molecule has 0 unspecified atom stereocenters. The maximum absolute atomic E-state index is 10.6. The number of aryl methyl sites for hydroxylation is 2. The summed E-state index contributed by atoms with van der Waals surface area (Å²) in [5, 5.41) is 15.5. The molecule has 0 amide bonds. The van der Waals surface area contributed by atoms with E-state index in [2.05, 4.69) is 44.3 Å². The lowest BCUT2D eigenvalue weighted by atomic mass is 9.88. The summed E-state index contributed by atoms with van der Waals surface area (Å²) in [5.41, 5.74) is 2.65. The van der Waals surface area contributed by atoms with Gasteiger partial charge in [-0.3, -0.25) is 0 Å². The Morgan fingerprint density at radius 2 is 1.96 bits per heavy atom.